The van der Waals surface area contributed by atoms with Crippen molar-refractivity contribution < 1.29 is 9.47 Å². The molecule has 0 atom stereocenters. The number of nitrogens with one attached hydrogen (secondary N) is 1. The molecular formula is C15H18N2O2. The van der Waals surface area contributed by atoms with E-state index in [1.54, 1.807) is 0 Å². The minimum absolute atomic E-state index is 0.163. The van der Waals surface area contributed by atoms with Gasteiger partial charge in [0.1, 0.15) is 0 Å². The first-order valence-electron chi connectivity index (χ1n) is 6.52. The van der Waals surface area contributed by atoms with E-state index < -0.39 is 5.79 Å². The number of hydrogen-bond donors (Lipinski definition) is 1. The Morgan fingerprint density at radius 1 is 1.21 bits per heavy atom. The van der Waals surface area contributed by atoms with Gasteiger partial charge in [-0.15, -0.1) is 0 Å². The van der Waals surface area contributed by atoms with Crippen LogP contribution in [0.5, 0.6) is 0 Å². The molecule has 1 aromatic heterocycles. The molecule has 4 nitrogen and oxygen atoms in total. The molecule has 3 rings (SSSR count). The molecule has 0 radical (unpaired) electrons. The van der Waals surface area contributed by atoms with Crippen LogP contribution in [0.25, 0.3) is 10.9 Å². The summed E-state index contributed by atoms with van der Waals surface area (Å²) in [5.74, 6) is -0.472. The topological polar surface area (TPSA) is 43.4 Å². The van der Waals surface area contributed by atoms with Crippen molar-refractivity contribution in [1.29, 1.82) is 0 Å². The summed E-state index contributed by atoms with van der Waals surface area (Å²) in [4.78, 5) is 4.43. The van der Waals surface area contributed by atoms with Gasteiger partial charge in [0.25, 0.3) is 0 Å². The molecule has 2 aromatic rings. The van der Waals surface area contributed by atoms with E-state index in [1.807, 2.05) is 38.2 Å². The predicted octanol–water partition coefficient (Wildman–Crippen LogP) is 2.80. The summed E-state index contributed by atoms with van der Waals surface area (Å²) in [6.45, 7) is 5.14. The zero-order valence-electron chi connectivity index (χ0n) is 11.2. The van der Waals surface area contributed by atoms with E-state index in [1.165, 1.54) is 0 Å². The van der Waals surface area contributed by atoms with Crippen molar-refractivity contribution in [1.82, 2.24) is 4.98 Å². The maximum atomic E-state index is 5.63. The van der Waals surface area contributed by atoms with Crippen LogP contribution in [0, 0.1) is 0 Å². The molecule has 0 amide bonds. The summed E-state index contributed by atoms with van der Waals surface area (Å²) in [6, 6.07) is 10.3. The van der Waals surface area contributed by atoms with Gasteiger partial charge < -0.3 is 14.8 Å². The van der Waals surface area contributed by atoms with Crippen molar-refractivity contribution >= 4 is 16.6 Å². The van der Waals surface area contributed by atoms with Crippen molar-refractivity contribution in [3.8, 4) is 0 Å². The first kappa shape index (κ1) is 12.4. The highest BCUT2D eigenvalue weighted by molar-refractivity contribution is 5.81. The van der Waals surface area contributed by atoms with Gasteiger partial charge in [0.15, 0.2) is 5.79 Å². The lowest BCUT2D eigenvalue weighted by Crippen LogP contribution is -2.45. The molecule has 0 aliphatic carbocycles. The van der Waals surface area contributed by atoms with Gasteiger partial charge in [-0.2, -0.15) is 0 Å². The Morgan fingerprint density at radius 3 is 2.74 bits per heavy atom. The lowest BCUT2D eigenvalue weighted by atomic mass is 10.2. The molecule has 1 fully saturated rings. The van der Waals surface area contributed by atoms with Gasteiger partial charge in [0.2, 0.25) is 0 Å². The van der Waals surface area contributed by atoms with E-state index in [0.29, 0.717) is 13.2 Å². The summed E-state index contributed by atoms with van der Waals surface area (Å²) >= 11 is 0. The Balaban J connectivity index is 1.72. The minimum Gasteiger partial charge on any atom is -0.376 e. The Hall–Kier alpha value is -1.65. The summed E-state index contributed by atoms with van der Waals surface area (Å²) in [5, 5.41) is 4.53. The maximum absolute atomic E-state index is 5.63. The fourth-order valence-corrected chi connectivity index (χ4v) is 2.16. The van der Waals surface area contributed by atoms with E-state index in [9.17, 15) is 0 Å². The molecule has 0 saturated carbocycles. The number of ether oxygens (including phenoxy) is 2. The second-order valence-electron chi connectivity index (χ2n) is 5.28. The number of hydrogen-bond acceptors (Lipinski definition) is 4. The van der Waals surface area contributed by atoms with Crippen molar-refractivity contribution in [2.45, 2.75) is 25.7 Å². The third-order valence-electron chi connectivity index (χ3n) is 3.23. The number of benzene rings is 1. The van der Waals surface area contributed by atoms with E-state index in [0.717, 1.165) is 16.6 Å². The summed E-state index contributed by atoms with van der Waals surface area (Å²) < 4.78 is 11.3. The Morgan fingerprint density at radius 2 is 1.95 bits per heavy atom. The SMILES string of the molecule is CC1(C)OCC(Nc2cnc3ccccc3c2)CO1. The monoisotopic (exact) mass is 258 g/mol. The number of nitrogens with zero attached hydrogens (tertiary/aromatic N) is 1. The molecule has 1 N–H and O–H groups in total. The largest absolute Gasteiger partial charge is 0.376 e. The Labute approximate surface area is 112 Å². The highest BCUT2D eigenvalue weighted by Crippen LogP contribution is 2.21. The number of fused-ring (bicyclic) bond motifs is 1. The molecule has 1 aliphatic rings. The summed E-state index contributed by atoms with van der Waals surface area (Å²) in [5.41, 5.74) is 2.00. The number of para-hydroxylation sites is 1. The van der Waals surface area contributed by atoms with Crippen LogP contribution in [-0.4, -0.2) is 30.0 Å². The average Bonchev–Trinajstić information content (AvgIpc) is 2.41. The van der Waals surface area contributed by atoms with Crippen molar-refractivity contribution in [2.24, 2.45) is 0 Å². The molecule has 1 aliphatic heterocycles. The Kier molecular flexibility index (Phi) is 3.12. The molecule has 0 unspecified atom stereocenters. The number of anilines is 1. The fourth-order valence-electron chi connectivity index (χ4n) is 2.16. The fraction of sp³-hybridized carbons (Fsp3) is 0.400. The molecule has 19 heavy (non-hydrogen) atoms. The van der Waals surface area contributed by atoms with Gasteiger partial charge in [-0.05, 0) is 26.0 Å². The summed E-state index contributed by atoms with van der Waals surface area (Å²) in [6.07, 6.45) is 1.85. The van der Waals surface area contributed by atoms with Crippen LogP contribution in [0.1, 0.15) is 13.8 Å². The normalized spacial score (nSPS) is 19.5. The highest BCUT2D eigenvalue weighted by atomic mass is 16.7. The van der Waals surface area contributed by atoms with Gasteiger partial charge in [-0.1, -0.05) is 18.2 Å². The van der Waals surface area contributed by atoms with E-state index in [-0.39, 0.29) is 6.04 Å². The third-order valence-corrected chi connectivity index (χ3v) is 3.23. The average molecular weight is 258 g/mol. The smallest absolute Gasteiger partial charge is 0.162 e. The van der Waals surface area contributed by atoms with Crippen LogP contribution >= 0.6 is 0 Å². The van der Waals surface area contributed by atoms with Crippen LogP contribution in [0.2, 0.25) is 0 Å². The molecule has 100 valence electrons. The van der Waals surface area contributed by atoms with Crippen LogP contribution in [0.4, 0.5) is 5.69 Å². The number of aromatic nitrogens is 1. The molecule has 0 spiro atoms. The molecule has 4 heteroatoms. The predicted molar refractivity (Wildman–Crippen MR) is 75.1 cm³/mol. The highest BCUT2D eigenvalue weighted by Gasteiger charge is 2.28. The van der Waals surface area contributed by atoms with Gasteiger partial charge in [0.05, 0.1) is 36.7 Å². The van der Waals surface area contributed by atoms with Gasteiger partial charge >= 0.3 is 0 Å². The lowest BCUT2D eigenvalue weighted by Gasteiger charge is -2.35. The molecular weight excluding hydrogens is 240 g/mol. The van der Waals surface area contributed by atoms with Gasteiger partial charge in [-0.3, -0.25) is 4.98 Å². The van der Waals surface area contributed by atoms with Crippen molar-refractivity contribution in [3.05, 3.63) is 36.5 Å². The quantitative estimate of drug-likeness (QED) is 0.899. The zero-order chi connectivity index (χ0) is 13.3. The zero-order valence-corrected chi connectivity index (χ0v) is 11.2. The lowest BCUT2D eigenvalue weighted by molar-refractivity contribution is -0.247. The number of rotatable bonds is 2. The third kappa shape index (κ3) is 2.85. The van der Waals surface area contributed by atoms with E-state index in [4.69, 9.17) is 9.47 Å². The van der Waals surface area contributed by atoms with Crippen LogP contribution in [-0.2, 0) is 9.47 Å². The van der Waals surface area contributed by atoms with Crippen LogP contribution in [0.3, 0.4) is 0 Å². The molecule has 2 heterocycles. The van der Waals surface area contributed by atoms with E-state index >= 15 is 0 Å². The second-order valence-corrected chi connectivity index (χ2v) is 5.28. The van der Waals surface area contributed by atoms with Gasteiger partial charge in [-0.25, -0.2) is 0 Å². The molecule has 0 bridgehead atoms. The minimum atomic E-state index is -0.472. The summed E-state index contributed by atoms with van der Waals surface area (Å²) in [7, 11) is 0. The standard InChI is InChI=1S/C15H18N2O2/c1-15(2)18-9-13(10-19-15)17-12-7-11-5-3-4-6-14(11)16-8-12/h3-8,13,17H,9-10H2,1-2H3. The molecule has 1 saturated heterocycles. The Bertz CT molecular complexity index is 573. The molecule has 1 aromatic carbocycles. The van der Waals surface area contributed by atoms with Crippen LogP contribution in [0.15, 0.2) is 36.5 Å². The maximum Gasteiger partial charge on any atom is 0.162 e. The second kappa shape index (κ2) is 4.79. The van der Waals surface area contributed by atoms with Crippen molar-refractivity contribution in [2.75, 3.05) is 18.5 Å². The van der Waals surface area contributed by atoms with Gasteiger partial charge in [0, 0.05) is 5.39 Å². The van der Waals surface area contributed by atoms with Crippen molar-refractivity contribution in [3.63, 3.8) is 0 Å². The first-order chi connectivity index (χ1) is 9.12. The first-order valence-corrected chi connectivity index (χ1v) is 6.52. The van der Waals surface area contributed by atoms with E-state index in [2.05, 4.69) is 22.4 Å². The van der Waals surface area contributed by atoms with Crippen LogP contribution < -0.4 is 5.32 Å². The number of pyridine rings is 1.